The summed E-state index contributed by atoms with van der Waals surface area (Å²) >= 11 is 1.91. The average molecular weight is 290 g/mol. The number of rotatable bonds is 5. The van der Waals surface area contributed by atoms with Crippen molar-refractivity contribution in [2.24, 2.45) is 0 Å². The SMILES string of the molecule is Cc1nnc(Nc2ccc(CSC(C)C)cc2)[nH]c1=O. The summed E-state index contributed by atoms with van der Waals surface area (Å²) in [6.07, 6.45) is 0. The predicted molar refractivity (Wildman–Crippen MR) is 83.5 cm³/mol. The molecule has 0 amide bonds. The minimum atomic E-state index is -0.229. The molecule has 2 aromatic rings. The van der Waals surface area contributed by atoms with E-state index >= 15 is 0 Å². The summed E-state index contributed by atoms with van der Waals surface area (Å²) in [6.45, 7) is 6.00. The number of thioether (sulfide) groups is 1. The van der Waals surface area contributed by atoms with Gasteiger partial charge < -0.3 is 5.32 Å². The molecule has 1 aromatic heterocycles. The second-order valence-corrected chi connectivity index (χ2v) is 6.33. The molecule has 1 heterocycles. The van der Waals surface area contributed by atoms with E-state index in [4.69, 9.17) is 0 Å². The van der Waals surface area contributed by atoms with Crippen molar-refractivity contribution < 1.29 is 0 Å². The lowest BCUT2D eigenvalue weighted by atomic mass is 10.2. The number of hydrogen-bond donors (Lipinski definition) is 2. The first kappa shape index (κ1) is 14.6. The Morgan fingerprint density at radius 1 is 1.25 bits per heavy atom. The molecule has 0 aliphatic carbocycles. The first-order valence-electron chi connectivity index (χ1n) is 6.46. The Morgan fingerprint density at radius 3 is 2.55 bits per heavy atom. The van der Waals surface area contributed by atoms with Crippen LogP contribution in [-0.4, -0.2) is 20.4 Å². The quantitative estimate of drug-likeness (QED) is 0.886. The number of aryl methyl sites for hydroxylation is 1. The molecule has 0 aliphatic rings. The smallest absolute Gasteiger partial charge is 0.273 e. The highest BCUT2D eigenvalue weighted by atomic mass is 32.2. The van der Waals surface area contributed by atoms with E-state index in [-0.39, 0.29) is 5.56 Å². The van der Waals surface area contributed by atoms with Gasteiger partial charge in [-0.15, -0.1) is 10.2 Å². The molecule has 0 spiro atoms. The molecule has 2 N–H and O–H groups in total. The van der Waals surface area contributed by atoms with Crippen LogP contribution >= 0.6 is 11.8 Å². The lowest BCUT2D eigenvalue weighted by Gasteiger charge is -2.07. The van der Waals surface area contributed by atoms with Gasteiger partial charge in [0.1, 0.15) is 5.69 Å². The molecule has 2 rings (SSSR count). The van der Waals surface area contributed by atoms with E-state index in [1.165, 1.54) is 5.56 Å². The Morgan fingerprint density at radius 2 is 1.95 bits per heavy atom. The van der Waals surface area contributed by atoms with E-state index in [0.29, 0.717) is 16.9 Å². The molecular formula is C14H18N4OS. The lowest BCUT2D eigenvalue weighted by Crippen LogP contribution is -2.15. The van der Waals surface area contributed by atoms with Crippen LogP contribution in [0.15, 0.2) is 29.1 Å². The van der Waals surface area contributed by atoms with E-state index in [1.807, 2.05) is 23.9 Å². The van der Waals surface area contributed by atoms with Crippen molar-refractivity contribution in [1.82, 2.24) is 15.2 Å². The summed E-state index contributed by atoms with van der Waals surface area (Å²) in [5, 5.41) is 11.3. The number of nitrogens with one attached hydrogen (secondary N) is 2. The fourth-order valence-electron chi connectivity index (χ4n) is 1.53. The largest absolute Gasteiger partial charge is 0.324 e. The Bertz CT molecular complexity index is 622. The van der Waals surface area contributed by atoms with Crippen molar-refractivity contribution in [3.8, 4) is 0 Å². The van der Waals surface area contributed by atoms with Crippen LogP contribution in [0, 0.1) is 6.92 Å². The molecule has 0 saturated heterocycles. The van der Waals surface area contributed by atoms with Gasteiger partial charge in [0.2, 0.25) is 5.95 Å². The fraction of sp³-hybridized carbons (Fsp3) is 0.357. The van der Waals surface area contributed by atoms with Crippen molar-refractivity contribution in [1.29, 1.82) is 0 Å². The molecule has 0 saturated carbocycles. The van der Waals surface area contributed by atoms with Crippen LogP contribution < -0.4 is 10.9 Å². The first-order valence-corrected chi connectivity index (χ1v) is 7.50. The van der Waals surface area contributed by atoms with Gasteiger partial charge in [0.05, 0.1) is 0 Å². The van der Waals surface area contributed by atoms with Crippen molar-refractivity contribution in [3.63, 3.8) is 0 Å². The van der Waals surface area contributed by atoms with E-state index in [2.05, 4.69) is 46.5 Å². The van der Waals surface area contributed by atoms with Crippen LogP contribution in [0.2, 0.25) is 0 Å². The molecule has 0 bridgehead atoms. The fourth-order valence-corrected chi connectivity index (χ4v) is 2.25. The maximum Gasteiger partial charge on any atom is 0.273 e. The summed E-state index contributed by atoms with van der Waals surface area (Å²) in [4.78, 5) is 14.1. The molecule has 106 valence electrons. The predicted octanol–water partition coefficient (Wildman–Crippen LogP) is 2.86. The van der Waals surface area contributed by atoms with Gasteiger partial charge in [0.25, 0.3) is 5.56 Å². The molecule has 0 atom stereocenters. The minimum absolute atomic E-state index is 0.229. The maximum absolute atomic E-state index is 11.4. The first-order chi connectivity index (χ1) is 9.54. The highest BCUT2D eigenvalue weighted by Crippen LogP contribution is 2.19. The van der Waals surface area contributed by atoms with Gasteiger partial charge in [-0.3, -0.25) is 9.78 Å². The van der Waals surface area contributed by atoms with Gasteiger partial charge in [-0.25, -0.2) is 0 Å². The highest BCUT2D eigenvalue weighted by Gasteiger charge is 2.01. The topological polar surface area (TPSA) is 70.7 Å². The Kier molecular flexibility index (Phi) is 4.79. The molecule has 0 radical (unpaired) electrons. The van der Waals surface area contributed by atoms with Crippen LogP contribution in [0.1, 0.15) is 25.1 Å². The number of anilines is 2. The van der Waals surface area contributed by atoms with E-state index < -0.39 is 0 Å². The minimum Gasteiger partial charge on any atom is -0.324 e. The monoisotopic (exact) mass is 290 g/mol. The van der Waals surface area contributed by atoms with Crippen LogP contribution in [-0.2, 0) is 5.75 Å². The van der Waals surface area contributed by atoms with E-state index in [0.717, 1.165) is 11.4 Å². The molecule has 0 unspecified atom stereocenters. The zero-order valence-corrected chi connectivity index (χ0v) is 12.6. The molecule has 20 heavy (non-hydrogen) atoms. The maximum atomic E-state index is 11.4. The lowest BCUT2D eigenvalue weighted by molar-refractivity contribution is 0.908. The zero-order valence-electron chi connectivity index (χ0n) is 11.8. The number of aromatic nitrogens is 3. The third kappa shape index (κ3) is 4.09. The molecule has 1 aromatic carbocycles. The molecular weight excluding hydrogens is 272 g/mol. The van der Waals surface area contributed by atoms with Gasteiger partial charge in [-0.2, -0.15) is 11.8 Å². The van der Waals surface area contributed by atoms with Gasteiger partial charge in [0.15, 0.2) is 0 Å². The van der Waals surface area contributed by atoms with E-state index in [9.17, 15) is 4.79 Å². The third-order valence-electron chi connectivity index (χ3n) is 2.66. The van der Waals surface area contributed by atoms with Gasteiger partial charge in [-0.1, -0.05) is 26.0 Å². The van der Waals surface area contributed by atoms with Gasteiger partial charge >= 0.3 is 0 Å². The number of nitrogens with zero attached hydrogens (tertiary/aromatic N) is 2. The molecule has 0 aliphatic heterocycles. The van der Waals surface area contributed by atoms with Gasteiger partial charge in [0, 0.05) is 11.4 Å². The van der Waals surface area contributed by atoms with Crippen molar-refractivity contribution >= 4 is 23.4 Å². The summed E-state index contributed by atoms with van der Waals surface area (Å²) in [7, 11) is 0. The van der Waals surface area contributed by atoms with Crippen LogP contribution in [0.5, 0.6) is 0 Å². The van der Waals surface area contributed by atoms with Crippen LogP contribution in [0.25, 0.3) is 0 Å². The summed E-state index contributed by atoms with van der Waals surface area (Å²) in [5.41, 5.74) is 2.28. The van der Waals surface area contributed by atoms with Crippen molar-refractivity contribution in [2.45, 2.75) is 31.8 Å². The second-order valence-electron chi connectivity index (χ2n) is 4.77. The van der Waals surface area contributed by atoms with Gasteiger partial charge in [-0.05, 0) is 29.9 Å². The zero-order chi connectivity index (χ0) is 14.5. The molecule has 0 fully saturated rings. The Balaban J connectivity index is 2.03. The number of aromatic amines is 1. The normalized spacial score (nSPS) is 10.8. The van der Waals surface area contributed by atoms with Crippen LogP contribution in [0.3, 0.4) is 0 Å². The summed E-state index contributed by atoms with van der Waals surface area (Å²) < 4.78 is 0. The molecule has 6 heteroatoms. The average Bonchev–Trinajstić information content (AvgIpc) is 2.42. The van der Waals surface area contributed by atoms with Crippen molar-refractivity contribution in [3.05, 3.63) is 45.9 Å². The standard InChI is InChI=1S/C14H18N4OS/c1-9(2)20-8-11-4-6-12(7-5-11)15-14-16-13(19)10(3)17-18-14/h4-7,9H,8H2,1-3H3,(H2,15,16,18,19). The second kappa shape index (κ2) is 6.56. The summed E-state index contributed by atoms with van der Waals surface area (Å²) in [6, 6.07) is 8.07. The third-order valence-corrected chi connectivity index (χ3v) is 3.83. The Hall–Kier alpha value is -1.82. The number of H-pyrrole nitrogens is 1. The summed E-state index contributed by atoms with van der Waals surface area (Å²) in [5.74, 6) is 1.35. The number of hydrogen-bond acceptors (Lipinski definition) is 5. The molecule has 5 nitrogen and oxygen atoms in total. The van der Waals surface area contributed by atoms with Crippen molar-refractivity contribution in [2.75, 3.05) is 5.32 Å². The number of benzene rings is 1. The van der Waals surface area contributed by atoms with E-state index in [1.54, 1.807) is 6.92 Å². The Labute approximate surface area is 122 Å². The highest BCUT2D eigenvalue weighted by molar-refractivity contribution is 7.99. The van der Waals surface area contributed by atoms with Crippen LogP contribution in [0.4, 0.5) is 11.6 Å².